The van der Waals surface area contributed by atoms with Crippen molar-refractivity contribution in [1.29, 1.82) is 0 Å². The van der Waals surface area contributed by atoms with Gasteiger partial charge in [-0.05, 0) is 25.0 Å². The van der Waals surface area contributed by atoms with E-state index in [-0.39, 0.29) is 17.6 Å². The molecule has 0 aliphatic carbocycles. The van der Waals surface area contributed by atoms with Gasteiger partial charge < -0.3 is 9.64 Å². The standard InChI is InChI=1S/C19H17FN4O2S/c20-14-2-1-3-15(8-14)26-18-10-21-9-16(23-18)13-4-6-24(7-5-13)19(25)17-11-27-12-22-17/h1-3,8-13H,4-7H2. The molecule has 0 unspecified atom stereocenters. The molecule has 1 saturated heterocycles. The fourth-order valence-electron chi connectivity index (χ4n) is 3.12. The maximum Gasteiger partial charge on any atom is 0.273 e. The topological polar surface area (TPSA) is 68.2 Å². The number of benzene rings is 1. The van der Waals surface area contributed by atoms with E-state index in [1.54, 1.807) is 29.2 Å². The highest BCUT2D eigenvalue weighted by Crippen LogP contribution is 2.29. The van der Waals surface area contributed by atoms with Crippen molar-refractivity contribution < 1.29 is 13.9 Å². The Morgan fingerprint density at radius 3 is 2.85 bits per heavy atom. The molecule has 1 aliphatic heterocycles. The monoisotopic (exact) mass is 384 g/mol. The Balaban J connectivity index is 1.40. The fourth-order valence-corrected chi connectivity index (χ4v) is 3.64. The van der Waals surface area contributed by atoms with Gasteiger partial charge >= 0.3 is 0 Å². The van der Waals surface area contributed by atoms with Crippen LogP contribution >= 0.6 is 11.3 Å². The van der Waals surface area contributed by atoms with Crippen LogP contribution in [0.1, 0.15) is 34.9 Å². The number of amides is 1. The van der Waals surface area contributed by atoms with Gasteiger partial charge in [0.25, 0.3) is 5.91 Å². The molecule has 138 valence electrons. The normalized spacial score (nSPS) is 14.9. The summed E-state index contributed by atoms with van der Waals surface area (Å²) in [4.78, 5) is 27.0. The summed E-state index contributed by atoms with van der Waals surface area (Å²) in [6, 6.07) is 5.91. The van der Waals surface area contributed by atoms with Crippen molar-refractivity contribution in [2.24, 2.45) is 0 Å². The van der Waals surface area contributed by atoms with Gasteiger partial charge in [0.2, 0.25) is 5.88 Å². The Hall–Kier alpha value is -2.87. The molecule has 3 heterocycles. The zero-order valence-corrected chi connectivity index (χ0v) is 15.2. The molecule has 3 aromatic rings. The zero-order valence-electron chi connectivity index (χ0n) is 14.4. The molecule has 0 saturated carbocycles. The minimum Gasteiger partial charge on any atom is -0.437 e. The van der Waals surface area contributed by atoms with Gasteiger partial charge in [-0.3, -0.25) is 9.78 Å². The van der Waals surface area contributed by atoms with Crippen molar-refractivity contribution in [2.75, 3.05) is 13.1 Å². The number of hydrogen-bond donors (Lipinski definition) is 0. The Kier molecular flexibility index (Phi) is 5.06. The van der Waals surface area contributed by atoms with E-state index in [1.165, 1.54) is 29.7 Å². The number of thiazole rings is 1. The predicted molar refractivity (Wildman–Crippen MR) is 98.5 cm³/mol. The summed E-state index contributed by atoms with van der Waals surface area (Å²) in [7, 11) is 0. The van der Waals surface area contributed by atoms with Crippen molar-refractivity contribution in [1.82, 2.24) is 19.9 Å². The lowest BCUT2D eigenvalue weighted by atomic mass is 9.93. The van der Waals surface area contributed by atoms with E-state index < -0.39 is 0 Å². The van der Waals surface area contributed by atoms with Crippen LogP contribution in [0.4, 0.5) is 4.39 Å². The molecule has 0 atom stereocenters. The second-order valence-electron chi connectivity index (χ2n) is 6.28. The molecular weight excluding hydrogens is 367 g/mol. The van der Waals surface area contributed by atoms with Gasteiger partial charge in [-0.1, -0.05) is 6.07 Å². The number of carbonyl (C=O) groups is 1. The first-order valence-corrected chi connectivity index (χ1v) is 9.56. The Morgan fingerprint density at radius 1 is 1.26 bits per heavy atom. The van der Waals surface area contributed by atoms with Crippen LogP contribution in [0, 0.1) is 5.82 Å². The maximum absolute atomic E-state index is 13.3. The number of rotatable bonds is 4. The number of likely N-dealkylation sites (tertiary alicyclic amines) is 1. The summed E-state index contributed by atoms with van der Waals surface area (Å²) in [6.45, 7) is 1.30. The van der Waals surface area contributed by atoms with Crippen molar-refractivity contribution in [3.05, 3.63) is 64.8 Å². The van der Waals surface area contributed by atoms with E-state index in [0.29, 0.717) is 30.4 Å². The SMILES string of the molecule is O=C(c1cscn1)N1CCC(c2cncc(Oc3cccc(F)c3)n2)CC1. The van der Waals surface area contributed by atoms with Crippen LogP contribution in [0.5, 0.6) is 11.6 Å². The largest absolute Gasteiger partial charge is 0.437 e. The van der Waals surface area contributed by atoms with Gasteiger partial charge in [-0.2, -0.15) is 0 Å². The summed E-state index contributed by atoms with van der Waals surface area (Å²) >= 11 is 1.42. The number of nitrogens with zero attached hydrogens (tertiary/aromatic N) is 4. The minimum atomic E-state index is -0.367. The summed E-state index contributed by atoms with van der Waals surface area (Å²) < 4.78 is 18.9. The third-order valence-corrected chi connectivity index (χ3v) is 5.09. The summed E-state index contributed by atoms with van der Waals surface area (Å²) in [5, 5.41) is 1.77. The molecule has 0 N–H and O–H groups in total. The van der Waals surface area contributed by atoms with Crippen LogP contribution in [0.2, 0.25) is 0 Å². The van der Waals surface area contributed by atoms with Crippen molar-refractivity contribution in [3.8, 4) is 11.6 Å². The van der Waals surface area contributed by atoms with E-state index >= 15 is 0 Å². The third-order valence-electron chi connectivity index (χ3n) is 4.50. The quantitative estimate of drug-likeness (QED) is 0.683. The molecular formula is C19H17FN4O2S. The number of hydrogen-bond acceptors (Lipinski definition) is 6. The van der Waals surface area contributed by atoms with Gasteiger partial charge in [0.1, 0.15) is 17.3 Å². The van der Waals surface area contributed by atoms with Crippen LogP contribution in [0.15, 0.2) is 47.5 Å². The first-order chi connectivity index (χ1) is 13.2. The molecule has 2 aromatic heterocycles. The van der Waals surface area contributed by atoms with Gasteiger partial charge in [-0.25, -0.2) is 14.4 Å². The Morgan fingerprint density at radius 2 is 2.11 bits per heavy atom. The average Bonchev–Trinajstić information content (AvgIpc) is 3.23. The molecule has 0 radical (unpaired) electrons. The molecule has 1 amide bonds. The molecule has 0 spiro atoms. The Bertz CT molecular complexity index is 927. The fraction of sp³-hybridized carbons (Fsp3) is 0.263. The first kappa shape index (κ1) is 17.5. The lowest BCUT2D eigenvalue weighted by molar-refractivity contribution is 0.0706. The highest BCUT2D eigenvalue weighted by atomic mass is 32.1. The average molecular weight is 384 g/mol. The highest BCUT2D eigenvalue weighted by molar-refractivity contribution is 7.07. The van der Waals surface area contributed by atoms with E-state index in [0.717, 1.165) is 18.5 Å². The number of piperidine rings is 1. The molecule has 6 nitrogen and oxygen atoms in total. The molecule has 1 aliphatic rings. The van der Waals surface area contributed by atoms with Crippen molar-refractivity contribution in [3.63, 3.8) is 0 Å². The molecule has 1 fully saturated rings. The van der Waals surface area contributed by atoms with Crippen molar-refractivity contribution >= 4 is 17.2 Å². The van der Waals surface area contributed by atoms with Gasteiger partial charge in [0.05, 0.1) is 17.4 Å². The number of carbonyl (C=O) groups excluding carboxylic acids is 1. The molecule has 27 heavy (non-hydrogen) atoms. The van der Waals surface area contributed by atoms with E-state index in [1.807, 2.05) is 4.90 Å². The lowest BCUT2D eigenvalue weighted by Crippen LogP contribution is -2.38. The second kappa shape index (κ2) is 7.79. The van der Waals surface area contributed by atoms with Gasteiger partial charge in [0, 0.05) is 36.7 Å². The summed E-state index contributed by atoms with van der Waals surface area (Å²) in [6.07, 6.45) is 4.83. The van der Waals surface area contributed by atoms with Crippen LogP contribution in [-0.4, -0.2) is 38.8 Å². The summed E-state index contributed by atoms with van der Waals surface area (Å²) in [5.41, 5.74) is 2.99. The van der Waals surface area contributed by atoms with Crippen LogP contribution in [-0.2, 0) is 0 Å². The minimum absolute atomic E-state index is 0.0241. The van der Waals surface area contributed by atoms with E-state index in [9.17, 15) is 9.18 Å². The van der Waals surface area contributed by atoms with E-state index in [2.05, 4.69) is 15.0 Å². The maximum atomic E-state index is 13.3. The van der Waals surface area contributed by atoms with Crippen LogP contribution in [0.25, 0.3) is 0 Å². The van der Waals surface area contributed by atoms with Crippen LogP contribution in [0.3, 0.4) is 0 Å². The first-order valence-electron chi connectivity index (χ1n) is 8.62. The van der Waals surface area contributed by atoms with Crippen molar-refractivity contribution in [2.45, 2.75) is 18.8 Å². The molecule has 1 aromatic carbocycles. The second-order valence-corrected chi connectivity index (χ2v) is 7.00. The predicted octanol–water partition coefficient (Wildman–Crippen LogP) is 3.88. The third kappa shape index (κ3) is 4.11. The number of halogens is 1. The van der Waals surface area contributed by atoms with Gasteiger partial charge in [-0.15, -0.1) is 11.3 Å². The Labute approximate surface area is 159 Å². The van der Waals surface area contributed by atoms with Gasteiger partial charge in [0.15, 0.2) is 0 Å². The number of ether oxygens (including phenoxy) is 1. The molecule has 4 rings (SSSR count). The summed E-state index contributed by atoms with van der Waals surface area (Å²) in [5.74, 6) is 0.523. The zero-order chi connectivity index (χ0) is 18.6. The lowest BCUT2D eigenvalue weighted by Gasteiger charge is -2.31. The van der Waals surface area contributed by atoms with Crippen LogP contribution < -0.4 is 4.74 Å². The van der Waals surface area contributed by atoms with E-state index in [4.69, 9.17) is 4.74 Å². The number of aromatic nitrogens is 3. The molecule has 8 heteroatoms. The smallest absolute Gasteiger partial charge is 0.273 e. The highest BCUT2D eigenvalue weighted by Gasteiger charge is 2.26. The molecule has 0 bridgehead atoms.